The van der Waals surface area contributed by atoms with Gasteiger partial charge in [0.1, 0.15) is 0 Å². The highest BCUT2D eigenvalue weighted by Gasteiger charge is 2.31. The molecule has 0 aromatic heterocycles. The number of hydrogen-bond acceptors (Lipinski definition) is 2. The molecule has 0 N–H and O–H groups in total. The standard InChI is InChI=1S/C14H18O2/c1-4-14(3,13(15)16-5-2)11-12-9-7-6-8-10-12/h4,6-10H,1,5,11H2,2-3H3. The fraction of sp³-hybridized carbons (Fsp3) is 0.357. The predicted molar refractivity (Wildman–Crippen MR) is 65.1 cm³/mol. The Hall–Kier alpha value is -1.57. The number of hydrogen-bond donors (Lipinski definition) is 0. The van der Waals surface area contributed by atoms with Gasteiger partial charge in [-0.1, -0.05) is 36.4 Å². The summed E-state index contributed by atoms with van der Waals surface area (Å²) in [6.07, 6.45) is 2.29. The summed E-state index contributed by atoms with van der Waals surface area (Å²) in [5.41, 5.74) is 0.468. The smallest absolute Gasteiger partial charge is 0.315 e. The maximum absolute atomic E-state index is 11.8. The van der Waals surface area contributed by atoms with Gasteiger partial charge in [0.15, 0.2) is 0 Å². The molecule has 2 nitrogen and oxygen atoms in total. The molecule has 0 saturated carbocycles. The minimum Gasteiger partial charge on any atom is -0.465 e. The Kier molecular flexibility index (Phi) is 4.29. The molecule has 1 atom stereocenters. The predicted octanol–water partition coefficient (Wildman–Crippen LogP) is 2.98. The molecule has 0 heterocycles. The first-order valence-electron chi connectivity index (χ1n) is 5.47. The average Bonchev–Trinajstić information content (AvgIpc) is 2.30. The molecule has 1 rings (SSSR count). The van der Waals surface area contributed by atoms with Crippen molar-refractivity contribution in [1.82, 2.24) is 0 Å². The maximum atomic E-state index is 11.8. The third kappa shape index (κ3) is 2.96. The van der Waals surface area contributed by atoms with Crippen LogP contribution in [0.1, 0.15) is 19.4 Å². The summed E-state index contributed by atoms with van der Waals surface area (Å²) in [7, 11) is 0. The lowest BCUT2D eigenvalue weighted by Crippen LogP contribution is -2.30. The van der Waals surface area contributed by atoms with Gasteiger partial charge in [0.25, 0.3) is 0 Å². The molecule has 0 amide bonds. The van der Waals surface area contributed by atoms with Gasteiger partial charge in [0.2, 0.25) is 0 Å². The van der Waals surface area contributed by atoms with Gasteiger partial charge in [-0.2, -0.15) is 0 Å². The molecule has 0 saturated heterocycles. The van der Waals surface area contributed by atoms with Crippen LogP contribution in [0.5, 0.6) is 0 Å². The molecule has 0 aliphatic rings. The number of rotatable bonds is 5. The summed E-state index contributed by atoms with van der Waals surface area (Å²) in [5, 5.41) is 0. The van der Waals surface area contributed by atoms with E-state index in [1.54, 1.807) is 6.08 Å². The lowest BCUT2D eigenvalue weighted by Gasteiger charge is -2.23. The van der Waals surface area contributed by atoms with Crippen molar-refractivity contribution in [3.63, 3.8) is 0 Å². The zero-order valence-corrected chi connectivity index (χ0v) is 9.90. The van der Waals surface area contributed by atoms with E-state index in [1.165, 1.54) is 0 Å². The average molecular weight is 218 g/mol. The van der Waals surface area contributed by atoms with E-state index in [0.29, 0.717) is 13.0 Å². The van der Waals surface area contributed by atoms with Crippen LogP contribution in [0.15, 0.2) is 43.0 Å². The SMILES string of the molecule is C=CC(C)(Cc1ccccc1)C(=O)OCC. The van der Waals surface area contributed by atoms with Crippen LogP contribution in [0.4, 0.5) is 0 Å². The Balaban J connectivity index is 2.82. The van der Waals surface area contributed by atoms with Crippen LogP contribution in [0, 0.1) is 5.41 Å². The summed E-state index contributed by atoms with van der Waals surface area (Å²) in [6, 6.07) is 9.88. The highest BCUT2D eigenvalue weighted by molar-refractivity contribution is 5.79. The van der Waals surface area contributed by atoms with Crippen molar-refractivity contribution >= 4 is 5.97 Å². The summed E-state index contributed by atoms with van der Waals surface area (Å²) in [6.45, 7) is 7.79. The lowest BCUT2D eigenvalue weighted by molar-refractivity contribution is -0.151. The van der Waals surface area contributed by atoms with Crippen LogP contribution in [-0.4, -0.2) is 12.6 Å². The third-order valence-corrected chi connectivity index (χ3v) is 2.61. The van der Waals surface area contributed by atoms with Crippen molar-refractivity contribution in [3.05, 3.63) is 48.6 Å². The van der Waals surface area contributed by atoms with Crippen molar-refractivity contribution in [2.45, 2.75) is 20.3 Å². The largest absolute Gasteiger partial charge is 0.465 e. The van der Waals surface area contributed by atoms with Crippen molar-refractivity contribution in [1.29, 1.82) is 0 Å². The van der Waals surface area contributed by atoms with Crippen LogP contribution < -0.4 is 0 Å². The first-order valence-corrected chi connectivity index (χ1v) is 5.47. The van der Waals surface area contributed by atoms with Crippen molar-refractivity contribution < 1.29 is 9.53 Å². The topological polar surface area (TPSA) is 26.3 Å². The van der Waals surface area contributed by atoms with Crippen LogP contribution in [0.25, 0.3) is 0 Å². The van der Waals surface area contributed by atoms with Gasteiger partial charge in [0, 0.05) is 0 Å². The van der Waals surface area contributed by atoms with Gasteiger partial charge in [-0.3, -0.25) is 4.79 Å². The van der Waals surface area contributed by atoms with Crippen LogP contribution >= 0.6 is 0 Å². The molecule has 0 fully saturated rings. The van der Waals surface area contributed by atoms with Crippen LogP contribution in [0.2, 0.25) is 0 Å². The van der Waals surface area contributed by atoms with E-state index in [4.69, 9.17) is 4.74 Å². The monoisotopic (exact) mass is 218 g/mol. The second-order valence-corrected chi connectivity index (χ2v) is 4.00. The molecule has 2 heteroatoms. The number of carbonyl (C=O) groups excluding carboxylic acids is 1. The van der Waals surface area contributed by atoms with Gasteiger partial charge in [-0.05, 0) is 25.8 Å². The van der Waals surface area contributed by atoms with Crippen LogP contribution in [0.3, 0.4) is 0 Å². The van der Waals surface area contributed by atoms with Crippen molar-refractivity contribution in [2.24, 2.45) is 5.41 Å². The highest BCUT2D eigenvalue weighted by Crippen LogP contribution is 2.25. The molecule has 1 unspecified atom stereocenters. The first kappa shape index (κ1) is 12.5. The minimum absolute atomic E-state index is 0.214. The summed E-state index contributed by atoms with van der Waals surface area (Å²) >= 11 is 0. The molecule has 0 aliphatic carbocycles. The number of esters is 1. The summed E-state index contributed by atoms with van der Waals surface area (Å²) in [4.78, 5) is 11.8. The molecule has 0 aliphatic heterocycles. The van der Waals surface area contributed by atoms with E-state index >= 15 is 0 Å². The van der Waals surface area contributed by atoms with Gasteiger partial charge < -0.3 is 4.74 Å². The molecular formula is C14H18O2. The zero-order valence-electron chi connectivity index (χ0n) is 9.90. The molecule has 86 valence electrons. The molecule has 1 aromatic rings. The van der Waals surface area contributed by atoms with Crippen molar-refractivity contribution in [2.75, 3.05) is 6.61 Å². The number of ether oxygens (including phenoxy) is 1. The molecular weight excluding hydrogens is 200 g/mol. The van der Waals surface area contributed by atoms with Gasteiger partial charge in [-0.25, -0.2) is 0 Å². The van der Waals surface area contributed by atoms with E-state index in [2.05, 4.69) is 6.58 Å². The molecule has 0 bridgehead atoms. The number of carbonyl (C=O) groups is 1. The molecule has 0 radical (unpaired) electrons. The van der Waals surface area contributed by atoms with E-state index in [1.807, 2.05) is 44.2 Å². The second kappa shape index (κ2) is 5.50. The van der Waals surface area contributed by atoms with E-state index in [-0.39, 0.29) is 5.97 Å². The highest BCUT2D eigenvalue weighted by atomic mass is 16.5. The van der Waals surface area contributed by atoms with E-state index < -0.39 is 5.41 Å². The van der Waals surface area contributed by atoms with Gasteiger partial charge in [0.05, 0.1) is 12.0 Å². The lowest BCUT2D eigenvalue weighted by atomic mass is 9.84. The molecule has 1 aromatic carbocycles. The third-order valence-electron chi connectivity index (χ3n) is 2.61. The fourth-order valence-electron chi connectivity index (χ4n) is 1.54. The summed E-state index contributed by atoms with van der Waals surface area (Å²) < 4.78 is 5.06. The molecule has 0 spiro atoms. The fourth-order valence-corrected chi connectivity index (χ4v) is 1.54. The normalized spacial score (nSPS) is 13.9. The first-order chi connectivity index (χ1) is 7.62. The molecule has 16 heavy (non-hydrogen) atoms. The Bertz CT molecular complexity index is 356. The Morgan fingerprint density at radius 1 is 1.44 bits per heavy atom. The van der Waals surface area contributed by atoms with Crippen molar-refractivity contribution in [3.8, 4) is 0 Å². The Labute approximate surface area is 96.9 Å². The zero-order chi connectivity index (χ0) is 12.0. The second-order valence-electron chi connectivity index (χ2n) is 4.00. The minimum atomic E-state index is -0.642. The Morgan fingerprint density at radius 2 is 2.06 bits per heavy atom. The van der Waals surface area contributed by atoms with Crippen LogP contribution in [-0.2, 0) is 16.0 Å². The van der Waals surface area contributed by atoms with Gasteiger partial charge in [-0.15, -0.1) is 6.58 Å². The number of benzene rings is 1. The van der Waals surface area contributed by atoms with E-state index in [0.717, 1.165) is 5.56 Å². The van der Waals surface area contributed by atoms with Gasteiger partial charge >= 0.3 is 5.97 Å². The van der Waals surface area contributed by atoms with E-state index in [9.17, 15) is 4.79 Å². The Morgan fingerprint density at radius 3 is 2.56 bits per heavy atom. The quantitative estimate of drug-likeness (QED) is 0.561. The maximum Gasteiger partial charge on any atom is 0.315 e. The summed E-state index contributed by atoms with van der Waals surface area (Å²) in [5.74, 6) is -0.214.